The lowest BCUT2D eigenvalue weighted by Crippen LogP contribution is -2.46. The van der Waals surface area contributed by atoms with Gasteiger partial charge in [-0.25, -0.2) is 14.1 Å². The van der Waals surface area contributed by atoms with Gasteiger partial charge in [0, 0.05) is 13.0 Å². The van der Waals surface area contributed by atoms with Crippen molar-refractivity contribution in [2.45, 2.75) is 61.9 Å². The number of aromatic amines is 2. The molecule has 57 heavy (non-hydrogen) atoms. The molecule has 31 heteroatoms. The predicted octanol–water partition coefficient (Wildman–Crippen LogP) is -6.08. The third-order valence-corrected chi connectivity index (χ3v) is 12.6. The SMILES string of the molecule is C#CCCCNc1nc2c(ncn2[C@@H]2O[C@H](CO[P+]([O-])(O)O[P+]([O-])([O-])OP(=O)(O)OC[C@H]3O[C@@H]([n+]4cn(C)c5c(=O)[nH]c(N)nc54)[C@H](O)[C@@H]3O)[C@@H](O)[C@H]2O)c(=O)[nH]1. The molecule has 4 aromatic rings. The van der Waals surface area contributed by atoms with Gasteiger partial charge in [-0.2, -0.15) is 14.4 Å². The number of unbranched alkanes of at least 4 members (excludes halogenated alkanes) is 1. The summed E-state index contributed by atoms with van der Waals surface area (Å²) in [6, 6.07) is 0. The maximum Gasteiger partial charge on any atom is 0.508 e. The summed E-state index contributed by atoms with van der Waals surface area (Å²) in [5, 5.41) is 45.3. The molecule has 2 aliphatic heterocycles. The minimum absolute atomic E-state index is 0.00240. The van der Waals surface area contributed by atoms with Crippen LogP contribution in [0.5, 0.6) is 0 Å². The number of imidazole rings is 2. The van der Waals surface area contributed by atoms with Gasteiger partial charge in [0.15, 0.2) is 23.7 Å². The van der Waals surface area contributed by atoms with E-state index in [4.69, 9.17) is 21.6 Å². The Bertz CT molecular complexity index is 2310. The normalized spacial score (nSPS) is 27.5. The van der Waals surface area contributed by atoms with Gasteiger partial charge >= 0.3 is 21.6 Å². The molecule has 2 aliphatic rings. The molecule has 0 bridgehead atoms. The number of terminal acetylenes is 1. The van der Waals surface area contributed by atoms with Crippen LogP contribution in [-0.2, 0) is 38.8 Å². The Morgan fingerprint density at radius 3 is 2.51 bits per heavy atom. The van der Waals surface area contributed by atoms with Crippen molar-refractivity contribution in [3.8, 4) is 12.3 Å². The standard InChI is InChI=1S/C26H35N10O18P3/c1-3-4-5-6-28-26-31-19-13(21(41)33-26)29-9-35(19)23-17(39)15(37)11(51-23)7-49-55(43,44)53-57(47,48)54-56(45,46)50-8-12-16(38)18(40)24(52-12)36-10-34(2)14-20(36)30-25(27)32-22(14)42/h1,9-12,15-18,23-24,37-40H,4-8H2,2H3,(H7-,27,28,30,31,32,33,41,42,43,44,45,46,47,48)/t11-,12-,15-,16-,17-,18-,23-,24-/m1/s1. The van der Waals surface area contributed by atoms with Crippen molar-refractivity contribution in [3.05, 3.63) is 33.4 Å². The molecule has 0 saturated carbocycles. The fourth-order valence-corrected chi connectivity index (χ4v) is 9.35. The number of hydrogen-bond acceptors (Lipinski definition) is 22. The topological polar surface area (TPSA) is 419 Å². The maximum atomic E-state index is 12.5. The van der Waals surface area contributed by atoms with Crippen LogP contribution in [0.4, 0.5) is 11.9 Å². The van der Waals surface area contributed by atoms with Crippen molar-refractivity contribution >= 4 is 58.4 Å². The van der Waals surface area contributed by atoms with Crippen LogP contribution in [0.15, 0.2) is 22.2 Å². The molecule has 11 N–H and O–H groups in total. The van der Waals surface area contributed by atoms with Gasteiger partial charge < -0.3 is 60.5 Å². The quantitative estimate of drug-likeness (QED) is 0.0217. The molecule has 6 heterocycles. The van der Waals surface area contributed by atoms with E-state index in [-0.39, 0.29) is 34.2 Å². The summed E-state index contributed by atoms with van der Waals surface area (Å²) in [4.78, 5) is 99.3. The van der Waals surface area contributed by atoms with Crippen molar-refractivity contribution in [1.29, 1.82) is 0 Å². The number of aromatic nitrogens is 8. The van der Waals surface area contributed by atoms with E-state index >= 15 is 0 Å². The molecule has 312 valence electrons. The number of nitrogens with two attached hydrogens (primary N) is 1. The van der Waals surface area contributed by atoms with E-state index in [0.717, 1.165) is 15.5 Å². The Morgan fingerprint density at radius 1 is 1.09 bits per heavy atom. The van der Waals surface area contributed by atoms with Gasteiger partial charge in [-0.3, -0.25) is 33.2 Å². The first-order valence-electron chi connectivity index (χ1n) is 16.3. The van der Waals surface area contributed by atoms with Crippen LogP contribution in [0.25, 0.3) is 22.3 Å². The Morgan fingerprint density at radius 2 is 1.79 bits per heavy atom. The van der Waals surface area contributed by atoms with Gasteiger partial charge in [0.25, 0.3) is 25.2 Å². The van der Waals surface area contributed by atoms with Crippen molar-refractivity contribution in [2.24, 2.45) is 7.05 Å². The molecule has 2 unspecified atom stereocenters. The molecule has 0 aliphatic carbocycles. The zero-order valence-electron chi connectivity index (χ0n) is 29.1. The minimum atomic E-state index is -6.27. The summed E-state index contributed by atoms with van der Waals surface area (Å²) < 4.78 is 44.3. The van der Waals surface area contributed by atoms with Gasteiger partial charge in [-0.1, -0.05) is 4.98 Å². The van der Waals surface area contributed by atoms with Crippen LogP contribution >= 0.6 is 24.2 Å². The maximum absolute atomic E-state index is 12.5. The second-order valence-corrected chi connectivity index (χ2v) is 17.1. The molecule has 6 rings (SSSR count). The number of phosphoric ester groups is 2. The molecule has 2 saturated heterocycles. The molecule has 0 aromatic carbocycles. The molecule has 10 atom stereocenters. The van der Waals surface area contributed by atoms with Crippen molar-refractivity contribution in [1.82, 2.24) is 34.1 Å². The zero-order valence-corrected chi connectivity index (χ0v) is 31.8. The van der Waals surface area contributed by atoms with Crippen LogP contribution in [0, 0.1) is 12.3 Å². The van der Waals surface area contributed by atoms with E-state index in [1.807, 2.05) is 0 Å². The number of nitrogens with zero attached hydrogens (tertiary/aromatic N) is 6. The summed E-state index contributed by atoms with van der Waals surface area (Å²) in [6.07, 6.45) is -4.89. The number of phosphoric acid groups is 3. The van der Waals surface area contributed by atoms with Crippen LogP contribution in [0.2, 0.25) is 0 Å². The van der Waals surface area contributed by atoms with E-state index < -0.39 is 97.6 Å². The van der Waals surface area contributed by atoms with Gasteiger partial charge in [-0.05, 0) is 10.7 Å². The highest BCUT2D eigenvalue weighted by molar-refractivity contribution is 7.70. The Balaban J connectivity index is 1.04. The molecular weight excluding hydrogens is 833 g/mol. The molecule has 28 nitrogen and oxygen atoms in total. The number of nitrogens with one attached hydrogen (secondary N) is 3. The number of fused-ring (bicyclic) bond motifs is 2. The second-order valence-electron chi connectivity index (χ2n) is 12.5. The Labute approximate surface area is 318 Å². The average molecular weight is 869 g/mol. The lowest BCUT2D eigenvalue weighted by Gasteiger charge is -2.32. The van der Waals surface area contributed by atoms with E-state index in [9.17, 15) is 59.0 Å². The second kappa shape index (κ2) is 16.5. The van der Waals surface area contributed by atoms with Gasteiger partial charge in [0.2, 0.25) is 17.7 Å². The first-order chi connectivity index (χ1) is 26.7. The lowest BCUT2D eigenvalue weighted by atomic mass is 10.1. The summed E-state index contributed by atoms with van der Waals surface area (Å²) >= 11 is 0. The largest absolute Gasteiger partial charge is 0.631 e. The van der Waals surface area contributed by atoms with Crippen molar-refractivity contribution < 1.29 is 81.2 Å². The number of aliphatic hydroxyl groups is 4. The highest BCUT2D eigenvalue weighted by atomic mass is 31.3. The van der Waals surface area contributed by atoms with Crippen LogP contribution in [0.3, 0.4) is 0 Å². The molecule has 4 aromatic heterocycles. The number of hydrogen-bond donors (Lipinski definition) is 10. The third kappa shape index (κ3) is 9.32. The molecular formula is C26H35N10O18P3. The minimum Gasteiger partial charge on any atom is -0.631 e. The van der Waals surface area contributed by atoms with Gasteiger partial charge in [-0.15, -0.1) is 16.7 Å². The molecule has 0 spiro atoms. The third-order valence-electron chi connectivity index (χ3n) is 8.45. The van der Waals surface area contributed by atoms with E-state index in [1.54, 1.807) is 0 Å². The first kappa shape index (κ1) is 42.9. The smallest absolute Gasteiger partial charge is 0.508 e. The number of aliphatic hydroxyl groups excluding tert-OH is 4. The van der Waals surface area contributed by atoms with Gasteiger partial charge in [0.1, 0.15) is 43.2 Å². The summed E-state index contributed by atoms with van der Waals surface area (Å²) in [6.45, 7) is -1.89. The highest BCUT2D eigenvalue weighted by Crippen LogP contribution is 2.69. The van der Waals surface area contributed by atoms with E-state index in [2.05, 4.69) is 53.8 Å². The van der Waals surface area contributed by atoms with E-state index in [0.29, 0.717) is 19.4 Å². The lowest BCUT2D eigenvalue weighted by molar-refractivity contribution is -0.745. The summed E-state index contributed by atoms with van der Waals surface area (Å²) in [5.74, 6) is 2.20. The monoisotopic (exact) mass is 868 g/mol. The van der Waals surface area contributed by atoms with Gasteiger partial charge in [0.05, 0.1) is 20.0 Å². The van der Waals surface area contributed by atoms with E-state index in [1.165, 1.54) is 17.9 Å². The summed E-state index contributed by atoms with van der Waals surface area (Å²) in [5.41, 5.74) is 3.97. The fraction of sp³-hybridized carbons (Fsp3) is 0.538. The number of H-pyrrole nitrogens is 2. The number of nitrogen functional groups attached to an aromatic ring is 1. The molecule has 0 radical (unpaired) electrons. The van der Waals surface area contributed by atoms with Crippen molar-refractivity contribution in [3.63, 3.8) is 0 Å². The molecule has 0 amide bonds. The number of anilines is 2. The average Bonchev–Trinajstić information content (AvgIpc) is 3.83. The Kier molecular flexibility index (Phi) is 12.5. The summed E-state index contributed by atoms with van der Waals surface area (Å²) in [7, 11) is -16.3. The Hall–Kier alpha value is -3.65. The van der Waals surface area contributed by atoms with Crippen molar-refractivity contribution in [2.75, 3.05) is 30.8 Å². The fourth-order valence-electron chi connectivity index (χ4n) is 5.89. The molecule has 2 fully saturated rings. The number of rotatable bonds is 16. The highest BCUT2D eigenvalue weighted by Gasteiger charge is 2.51. The first-order valence-corrected chi connectivity index (χ1v) is 20.8. The predicted molar refractivity (Wildman–Crippen MR) is 182 cm³/mol. The van der Waals surface area contributed by atoms with Crippen LogP contribution in [0.1, 0.15) is 25.3 Å². The zero-order chi connectivity index (χ0) is 41.6. The van der Waals surface area contributed by atoms with Crippen LogP contribution < -0.4 is 41.4 Å². The number of aryl methyl sites for hydroxylation is 1. The number of ether oxygens (including phenoxy) is 2. The van der Waals surface area contributed by atoms with Crippen LogP contribution in [-0.4, -0.2) is 121 Å².